The number of amides is 3. The highest BCUT2D eigenvalue weighted by Gasteiger charge is 2.26. The second kappa shape index (κ2) is 10.8. The third kappa shape index (κ3) is 6.64. The third-order valence-corrected chi connectivity index (χ3v) is 5.06. The van der Waals surface area contributed by atoms with E-state index in [4.69, 9.17) is 0 Å². The van der Waals surface area contributed by atoms with Crippen LogP contribution in [0.5, 0.6) is 0 Å². The molecule has 1 atom stereocenters. The van der Waals surface area contributed by atoms with E-state index >= 15 is 0 Å². The van der Waals surface area contributed by atoms with Gasteiger partial charge in [-0.3, -0.25) is 19.3 Å². The Labute approximate surface area is 167 Å². The van der Waals surface area contributed by atoms with Crippen LogP contribution in [0.4, 0.5) is 11.4 Å². The van der Waals surface area contributed by atoms with Gasteiger partial charge in [0.15, 0.2) is 0 Å². The molecule has 1 aliphatic rings. The summed E-state index contributed by atoms with van der Waals surface area (Å²) >= 11 is 0. The number of carbonyl (C=O) groups is 3. The van der Waals surface area contributed by atoms with Gasteiger partial charge in [0.05, 0.1) is 12.6 Å². The SMILES string of the molecule is CCN(CC(=O)Nc1ccc(NC(C)=O)cc1)C(C)C(=O)N1CCCCCC1. The maximum Gasteiger partial charge on any atom is 0.239 e. The average molecular weight is 389 g/mol. The topological polar surface area (TPSA) is 81.8 Å². The minimum absolute atomic E-state index is 0.108. The van der Waals surface area contributed by atoms with Crippen LogP contribution in [0.1, 0.15) is 46.5 Å². The second-order valence-electron chi connectivity index (χ2n) is 7.29. The number of hydrogen-bond acceptors (Lipinski definition) is 4. The molecule has 1 aliphatic heterocycles. The van der Waals surface area contributed by atoms with E-state index < -0.39 is 0 Å². The molecule has 1 unspecified atom stereocenters. The Bertz CT molecular complexity index is 667. The van der Waals surface area contributed by atoms with Crippen LogP contribution >= 0.6 is 0 Å². The highest BCUT2D eigenvalue weighted by molar-refractivity contribution is 5.93. The molecular formula is C21H32N4O3. The summed E-state index contributed by atoms with van der Waals surface area (Å²) < 4.78 is 0. The quantitative estimate of drug-likeness (QED) is 0.752. The van der Waals surface area contributed by atoms with Crippen molar-refractivity contribution >= 4 is 29.1 Å². The monoisotopic (exact) mass is 388 g/mol. The van der Waals surface area contributed by atoms with E-state index in [1.54, 1.807) is 24.3 Å². The normalized spacial score (nSPS) is 15.6. The Kier molecular flexibility index (Phi) is 8.44. The van der Waals surface area contributed by atoms with Crippen molar-refractivity contribution in [1.82, 2.24) is 9.80 Å². The van der Waals surface area contributed by atoms with Gasteiger partial charge in [-0.15, -0.1) is 0 Å². The lowest BCUT2D eigenvalue weighted by Gasteiger charge is -2.31. The van der Waals surface area contributed by atoms with Crippen LogP contribution in [0.25, 0.3) is 0 Å². The molecular weight excluding hydrogens is 356 g/mol. The standard InChI is InChI=1S/C21H32N4O3/c1-4-24(16(2)21(28)25-13-7-5-6-8-14-25)15-20(27)23-19-11-9-18(10-12-19)22-17(3)26/h9-12,16H,4-8,13-15H2,1-3H3,(H,22,26)(H,23,27). The van der Waals surface area contributed by atoms with Crippen LogP contribution in [0.2, 0.25) is 0 Å². The number of rotatable bonds is 7. The molecule has 154 valence electrons. The first kappa shape index (κ1) is 21.9. The summed E-state index contributed by atoms with van der Waals surface area (Å²) in [6.45, 7) is 7.69. The molecule has 7 heteroatoms. The number of carbonyl (C=O) groups excluding carboxylic acids is 3. The predicted molar refractivity (Wildman–Crippen MR) is 111 cm³/mol. The maximum absolute atomic E-state index is 12.8. The molecule has 7 nitrogen and oxygen atoms in total. The van der Waals surface area contributed by atoms with Crippen LogP contribution < -0.4 is 10.6 Å². The van der Waals surface area contributed by atoms with Gasteiger partial charge < -0.3 is 15.5 Å². The zero-order valence-electron chi connectivity index (χ0n) is 17.2. The largest absolute Gasteiger partial charge is 0.341 e. The van der Waals surface area contributed by atoms with Gasteiger partial charge in [-0.25, -0.2) is 0 Å². The molecule has 0 bridgehead atoms. The number of likely N-dealkylation sites (tertiary alicyclic amines) is 1. The van der Waals surface area contributed by atoms with Crippen LogP contribution in [0.3, 0.4) is 0 Å². The van der Waals surface area contributed by atoms with Crippen LogP contribution in [-0.2, 0) is 14.4 Å². The minimum Gasteiger partial charge on any atom is -0.341 e. The summed E-state index contributed by atoms with van der Waals surface area (Å²) in [6, 6.07) is 6.63. The Hall–Kier alpha value is -2.41. The fourth-order valence-corrected chi connectivity index (χ4v) is 3.46. The van der Waals surface area contributed by atoms with Gasteiger partial charge in [0.25, 0.3) is 0 Å². The number of anilines is 2. The fraction of sp³-hybridized carbons (Fsp3) is 0.571. The third-order valence-electron chi connectivity index (χ3n) is 5.06. The van der Waals surface area contributed by atoms with Crippen LogP contribution in [0, 0.1) is 0 Å². The summed E-state index contributed by atoms with van der Waals surface area (Å²) in [4.78, 5) is 40.2. The first-order valence-corrected chi connectivity index (χ1v) is 10.1. The lowest BCUT2D eigenvalue weighted by atomic mass is 10.2. The van der Waals surface area contributed by atoms with Crippen molar-refractivity contribution in [1.29, 1.82) is 0 Å². The van der Waals surface area contributed by atoms with E-state index in [-0.39, 0.29) is 30.3 Å². The Balaban J connectivity index is 1.90. The number of nitrogens with one attached hydrogen (secondary N) is 2. The van der Waals surface area contributed by atoms with Crippen LogP contribution in [0.15, 0.2) is 24.3 Å². The van der Waals surface area contributed by atoms with Gasteiger partial charge in [-0.05, 0) is 50.6 Å². The molecule has 2 N–H and O–H groups in total. The zero-order chi connectivity index (χ0) is 20.5. The van der Waals surface area contributed by atoms with Crippen molar-refractivity contribution in [3.05, 3.63) is 24.3 Å². The molecule has 0 saturated carbocycles. The molecule has 0 aliphatic carbocycles. The summed E-state index contributed by atoms with van der Waals surface area (Å²) in [6.07, 6.45) is 4.47. The number of hydrogen-bond donors (Lipinski definition) is 2. The summed E-state index contributed by atoms with van der Waals surface area (Å²) in [5.74, 6) is -0.195. The Morgan fingerprint density at radius 2 is 1.54 bits per heavy atom. The van der Waals surface area contributed by atoms with E-state index in [1.807, 2.05) is 23.6 Å². The maximum atomic E-state index is 12.8. The summed E-state index contributed by atoms with van der Waals surface area (Å²) in [5, 5.41) is 5.54. The van der Waals surface area contributed by atoms with Crippen molar-refractivity contribution in [2.45, 2.75) is 52.5 Å². The lowest BCUT2D eigenvalue weighted by Crippen LogP contribution is -2.49. The lowest BCUT2D eigenvalue weighted by molar-refractivity contribution is -0.136. The molecule has 1 heterocycles. The van der Waals surface area contributed by atoms with Crippen molar-refractivity contribution in [2.75, 3.05) is 36.8 Å². The number of benzene rings is 1. The molecule has 0 spiro atoms. The van der Waals surface area contributed by atoms with Gasteiger partial charge in [0.1, 0.15) is 0 Å². The molecule has 1 saturated heterocycles. The molecule has 1 aromatic carbocycles. The Morgan fingerprint density at radius 1 is 1.00 bits per heavy atom. The number of nitrogens with zero attached hydrogens (tertiary/aromatic N) is 2. The van der Waals surface area contributed by atoms with Crippen LogP contribution in [-0.4, -0.2) is 59.7 Å². The Morgan fingerprint density at radius 3 is 2.04 bits per heavy atom. The predicted octanol–water partition coefficient (Wildman–Crippen LogP) is 2.70. The smallest absolute Gasteiger partial charge is 0.239 e. The second-order valence-corrected chi connectivity index (χ2v) is 7.29. The summed E-state index contributed by atoms with van der Waals surface area (Å²) in [7, 11) is 0. The number of likely N-dealkylation sites (N-methyl/N-ethyl adjacent to an activating group) is 1. The van der Waals surface area contributed by atoms with Gasteiger partial charge in [0, 0.05) is 31.4 Å². The molecule has 1 fully saturated rings. The van der Waals surface area contributed by atoms with Crippen molar-refractivity contribution < 1.29 is 14.4 Å². The van der Waals surface area contributed by atoms with E-state index in [0.717, 1.165) is 25.9 Å². The van der Waals surface area contributed by atoms with E-state index in [0.29, 0.717) is 17.9 Å². The highest BCUT2D eigenvalue weighted by Crippen LogP contribution is 2.15. The van der Waals surface area contributed by atoms with Crippen molar-refractivity contribution in [3.8, 4) is 0 Å². The highest BCUT2D eigenvalue weighted by atomic mass is 16.2. The average Bonchev–Trinajstić information content (AvgIpc) is 2.95. The molecule has 28 heavy (non-hydrogen) atoms. The molecule has 0 radical (unpaired) electrons. The summed E-state index contributed by atoms with van der Waals surface area (Å²) in [5.41, 5.74) is 1.33. The van der Waals surface area contributed by atoms with Crippen molar-refractivity contribution in [3.63, 3.8) is 0 Å². The van der Waals surface area contributed by atoms with E-state index in [2.05, 4.69) is 10.6 Å². The van der Waals surface area contributed by atoms with Gasteiger partial charge in [-0.1, -0.05) is 19.8 Å². The zero-order valence-corrected chi connectivity index (χ0v) is 17.2. The first-order valence-electron chi connectivity index (χ1n) is 10.1. The minimum atomic E-state index is -0.323. The molecule has 1 aromatic rings. The van der Waals surface area contributed by atoms with Crippen molar-refractivity contribution in [2.24, 2.45) is 0 Å². The first-order chi connectivity index (χ1) is 13.4. The van der Waals surface area contributed by atoms with Gasteiger partial charge in [0.2, 0.25) is 17.7 Å². The molecule has 3 amide bonds. The fourth-order valence-electron chi connectivity index (χ4n) is 3.46. The van der Waals surface area contributed by atoms with Gasteiger partial charge in [-0.2, -0.15) is 0 Å². The molecule has 2 rings (SSSR count). The van der Waals surface area contributed by atoms with Gasteiger partial charge >= 0.3 is 0 Å². The van der Waals surface area contributed by atoms with E-state index in [9.17, 15) is 14.4 Å². The van der Waals surface area contributed by atoms with E-state index in [1.165, 1.54) is 19.8 Å². The molecule has 0 aromatic heterocycles.